The summed E-state index contributed by atoms with van der Waals surface area (Å²) in [5.74, 6) is -0.850. The zero-order chi connectivity index (χ0) is 19.3. The fourth-order valence-corrected chi connectivity index (χ4v) is 3.19. The molecular weight excluding hydrogens is 356 g/mol. The fraction of sp³-hybridized carbons (Fsp3) is 0.588. The number of anilines is 1. The standard InChI is InChI=1S/C17H22F4N2O3/c1-10-4-3-5-11(2)23(10)15(24)9-22-13-7-6-12(25-16(18)19)8-14(13)26-17(20)21/h6-8,10-11,16-17,22H,3-5,9H2,1-2H3. The summed E-state index contributed by atoms with van der Waals surface area (Å²) in [6.07, 6.45) is 2.88. The van der Waals surface area contributed by atoms with Gasteiger partial charge in [0, 0.05) is 18.2 Å². The minimum atomic E-state index is -3.14. The maximum atomic E-state index is 12.6. The third-order valence-corrected chi connectivity index (χ3v) is 4.31. The molecule has 0 aliphatic carbocycles. The van der Waals surface area contributed by atoms with Gasteiger partial charge in [0.2, 0.25) is 5.91 Å². The van der Waals surface area contributed by atoms with E-state index >= 15 is 0 Å². The monoisotopic (exact) mass is 378 g/mol. The second-order valence-electron chi connectivity index (χ2n) is 6.20. The zero-order valence-electron chi connectivity index (χ0n) is 14.6. The van der Waals surface area contributed by atoms with Crippen LogP contribution in [0.15, 0.2) is 18.2 Å². The molecule has 1 aliphatic heterocycles. The molecular formula is C17H22F4N2O3. The van der Waals surface area contributed by atoms with Gasteiger partial charge in [-0.15, -0.1) is 0 Å². The zero-order valence-corrected chi connectivity index (χ0v) is 14.6. The highest BCUT2D eigenvalue weighted by Gasteiger charge is 2.28. The van der Waals surface area contributed by atoms with E-state index in [0.717, 1.165) is 25.3 Å². The number of rotatable bonds is 7. The van der Waals surface area contributed by atoms with E-state index in [2.05, 4.69) is 14.8 Å². The van der Waals surface area contributed by atoms with Gasteiger partial charge in [0.25, 0.3) is 0 Å². The summed E-state index contributed by atoms with van der Waals surface area (Å²) < 4.78 is 58.2. The van der Waals surface area contributed by atoms with E-state index in [9.17, 15) is 22.4 Å². The average molecular weight is 378 g/mol. The largest absolute Gasteiger partial charge is 0.435 e. The van der Waals surface area contributed by atoms with Crippen LogP contribution in [0.4, 0.5) is 23.2 Å². The van der Waals surface area contributed by atoms with E-state index in [0.29, 0.717) is 0 Å². The van der Waals surface area contributed by atoms with Crippen LogP contribution in [0, 0.1) is 0 Å². The average Bonchev–Trinajstić information content (AvgIpc) is 2.52. The minimum absolute atomic E-state index is 0.0950. The van der Waals surface area contributed by atoms with Gasteiger partial charge in [-0.05, 0) is 45.2 Å². The number of piperidine rings is 1. The van der Waals surface area contributed by atoms with Crippen molar-refractivity contribution in [2.75, 3.05) is 11.9 Å². The number of carbonyl (C=O) groups is 1. The van der Waals surface area contributed by atoms with Crippen molar-refractivity contribution in [3.05, 3.63) is 18.2 Å². The molecule has 0 spiro atoms. The molecule has 0 aromatic heterocycles. The number of carbonyl (C=O) groups excluding carboxylic acids is 1. The summed E-state index contributed by atoms with van der Waals surface area (Å²) in [6, 6.07) is 3.57. The van der Waals surface area contributed by atoms with Crippen LogP contribution in [0.25, 0.3) is 0 Å². The van der Waals surface area contributed by atoms with Gasteiger partial charge in [0.05, 0.1) is 12.2 Å². The number of alkyl halides is 4. The highest BCUT2D eigenvalue weighted by molar-refractivity contribution is 5.82. The third kappa shape index (κ3) is 5.40. The molecule has 2 unspecified atom stereocenters. The Morgan fingerprint density at radius 3 is 2.35 bits per heavy atom. The molecule has 1 amide bonds. The molecule has 146 valence electrons. The number of likely N-dealkylation sites (tertiary alicyclic amines) is 1. The van der Waals surface area contributed by atoms with Gasteiger partial charge >= 0.3 is 13.2 Å². The number of amides is 1. The van der Waals surface area contributed by atoms with Gasteiger partial charge in [-0.1, -0.05) is 0 Å². The molecule has 9 heteroatoms. The first-order valence-corrected chi connectivity index (χ1v) is 8.36. The van der Waals surface area contributed by atoms with Crippen molar-refractivity contribution >= 4 is 11.6 Å². The van der Waals surface area contributed by atoms with Crippen LogP contribution in [0.5, 0.6) is 11.5 Å². The highest BCUT2D eigenvalue weighted by Crippen LogP contribution is 2.31. The SMILES string of the molecule is CC1CCCC(C)N1C(=O)CNc1ccc(OC(F)F)cc1OC(F)F. The number of nitrogens with zero attached hydrogens (tertiary/aromatic N) is 1. The summed E-state index contributed by atoms with van der Waals surface area (Å²) in [6.45, 7) is -2.42. The van der Waals surface area contributed by atoms with Crippen molar-refractivity contribution in [1.82, 2.24) is 4.90 Å². The van der Waals surface area contributed by atoms with Crippen molar-refractivity contribution in [3.8, 4) is 11.5 Å². The fourth-order valence-electron chi connectivity index (χ4n) is 3.19. The molecule has 1 fully saturated rings. The van der Waals surface area contributed by atoms with E-state index < -0.39 is 13.2 Å². The summed E-state index contributed by atoms with van der Waals surface area (Å²) >= 11 is 0. The van der Waals surface area contributed by atoms with Crippen LogP contribution < -0.4 is 14.8 Å². The Morgan fingerprint density at radius 2 is 1.77 bits per heavy atom. The highest BCUT2D eigenvalue weighted by atomic mass is 19.3. The van der Waals surface area contributed by atoms with Crippen LogP contribution in [0.3, 0.4) is 0 Å². The molecule has 2 rings (SSSR count). The van der Waals surface area contributed by atoms with Crippen LogP contribution in [0.2, 0.25) is 0 Å². The van der Waals surface area contributed by atoms with Crippen molar-refractivity contribution in [3.63, 3.8) is 0 Å². The van der Waals surface area contributed by atoms with E-state index in [1.807, 2.05) is 13.8 Å². The smallest absolute Gasteiger partial charge is 0.387 e. The molecule has 1 aromatic carbocycles. The molecule has 26 heavy (non-hydrogen) atoms. The maximum Gasteiger partial charge on any atom is 0.387 e. The lowest BCUT2D eigenvalue weighted by atomic mass is 9.97. The second-order valence-corrected chi connectivity index (χ2v) is 6.20. The number of nitrogens with one attached hydrogen (secondary N) is 1. The van der Waals surface area contributed by atoms with Gasteiger partial charge in [-0.25, -0.2) is 0 Å². The number of hydrogen-bond donors (Lipinski definition) is 1. The van der Waals surface area contributed by atoms with Crippen molar-refractivity contribution in [2.24, 2.45) is 0 Å². The Bertz CT molecular complexity index is 606. The maximum absolute atomic E-state index is 12.6. The van der Waals surface area contributed by atoms with Gasteiger partial charge in [0.15, 0.2) is 5.75 Å². The first kappa shape index (κ1) is 20.1. The van der Waals surface area contributed by atoms with Crippen LogP contribution in [-0.2, 0) is 4.79 Å². The Kier molecular flexibility index (Phi) is 6.93. The molecule has 1 aliphatic rings. The van der Waals surface area contributed by atoms with Crippen LogP contribution >= 0.6 is 0 Å². The van der Waals surface area contributed by atoms with Crippen LogP contribution in [-0.4, -0.2) is 42.7 Å². The quantitative estimate of drug-likeness (QED) is 0.726. The summed E-state index contributed by atoms with van der Waals surface area (Å²) in [7, 11) is 0. The molecule has 1 saturated heterocycles. The number of hydrogen-bond acceptors (Lipinski definition) is 4. The Hall–Kier alpha value is -2.19. The Morgan fingerprint density at radius 1 is 1.15 bits per heavy atom. The van der Waals surface area contributed by atoms with E-state index in [1.165, 1.54) is 12.1 Å². The van der Waals surface area contributed by atoms with E-state index in [-0.39, 0.29) is 41.7 Å². The minimum Gasteiger partial charge on any atom is -0.435 e. The predicted octanol–water partition coefficient (Wildman–Crippen LogP) is 4.09. The summed E-state index contributed by atoms with van der Waals surface area (Å²) in [4.78, 5) is 14.3. The topological polar surface area (TPSA) is 50.8 Å². The van der Waals surface area contributed by atoms with E-state index in [4.69, 9.17) is 0 Å². The molecule has 1 aromatic rings. The van der Waals surface area contributed by atoms with Gasteiger partial charge in [-0.3, -0.25) is 4.79 Å². The molecule has 1 heterocycles. The van der Waals surface area contributed by atoms with Gasteiger partial charge in [-0.2, -0.15) is 17.6 Å². The Balaban J connectivity index is 2.08. The number of halogens is 4. The predicted molar refractivity (Wildman–Crippen MR) is 87.8 cm³/mol. The lowest BCUT2D eigenvalue weighted by molar-refractivity contribution is -0.135. The second kappa shape index (κ2) is 8.95. The molecule has 2 atom stereocenters. The molecule has 5 nitrogen and oxygen atoms in total. The first-order chi connectivity index (χ1) is 12.3. The number of ether oxygens (including phenoxy) is 2. The third-order valence-electron chi connectivity index (χ3n) is 4.31. The molecule has 0 radical (unpaired) electrons. The summed E-state index contributed by atoms with van der Waals surface area (Å²) in [5.41, 5.74) is 0.0950. The molecule has 1 N–H and O–H groups in total. The first-order valence-electron chi connectivity index (χ1n) is 8.36. The van der Waals surface area contributed by atoms with Crippen molar-refractivity contribution in [1.29, 1.82) is 0 Å². The van der Waals surface area contributed by atoms with Crippen LogP contribution in [0.1, 0.15) is 33.1 Å². The molecule has 0 bridgehead atoms. The number of benzene rings is 1. The molecule has 0 saturated carbocycles. The Labute approximate surface area is 149 Å². The van der Waals surface area contributed by atoms with E-state index in [1.54, 1.807) is 4.90 Å². The lowest BCUT2D eigenvalue weighted by Crippen LogP contribution is -2.49. The van der Waals surface area contributed by atoms with Crippen molar-refractivity contribution in [2.45, 2.75) is 58.4 Å². The normalized spacial score (nSPS) is 20.4. The summed E-state index contributed by atoms with van der Waals surface area (Å²) in [5, 5.41) is 2.74. The van der Waals surface area contributed by atoms with Crippen molar-refractivity contribution < 1.29 is 31.8 Å². The van der Waals surface area contributed by atoms with Gasteiger partial charge in [0.1, 0.15) is 5.75 Å². The lowest BCUT2D eigenvalue weighted by Gasteiger charge is -2.39. The van der Waals surface area contributed by atoms with Gasteiger partial charge < -0.3 is 19.7 Å².